The van der Waals surface area contributed by atoms with E-state index in [4.69, 9.17) is 15.2 Å². The summed E-state index contributed by atoms with van der Waals surface area (Å²) in [6.07, 6.45) is 0.0331. The van der Waals surface area contributed by atoms with E-state index in [2.05, 4.69) is 48.6 Å². The van der Waals surface area contributed by atoms with Crippen LogP contribution in [-0.4, -0.2) is 26.4 Å². The topological polar surface area (TPSA) is 56.5 Å². The van der Waals surface area contributed by atoms with Crippen molar-refractivity contribution in [3.05, 3.63) is 48.0 Å². The van der Waals surface area contributed by atoms with Gasteiger partial charge < -0.3 is 20.5 Å². The highest BCUT2D eigenvalue weighted by molar-refractivity contribution is 7.99. The van der Waals surface area contributed by atoms with Crippen molar-refractivity contribution in [2.45, 2.75) is 22.8 Å². The van der Waals surface area contributed by atoms with Gasteiger partial charge in [0.25, 0.3) is 0 Å². The van der Waals surface area contributed by atoms with E-state index in [0.717, 1.165) is 16.9 Å². The lowest BCUT2D eigenvalue weighted by molar-refractivity contribution is 0.0134. The minimum atomic E-state index is 0.0331. The van der Waals surface area contributed by atoms with Gasteiger partial charge in [0.2, 0.25) is 0 Å². The maximum absolute atomic E-state index is 5.83. The van der Waals surface area contributed by atoms with Gasteiger partial charge in [-0.15, -0.1) is 0 Å². The van der Waals surface area contributed by atoms with E-state index in [1.54, 1.807) is 11.8 Å². The number of anilines is 2. The predicted molar refractivity (Wildman–Crippen MR) is 94.5 cm³/mol. The molecule has 5 heteroatoms. The Kier molecular flexibility index (Phi) is 5.56. The summed E-state index contributed by atoms with van der Waals surface area (Å²) < 4.78 is 11.2. The van der Waals surface area contributed by atoms with Crippen LogP contribution in [0.2, 0.25) is 0 Å². The number of nitrogens with two attached hydrogens (primary N) is 1. The molecule has 4 nitrogen and oxygen atoms in total. The second kappa shape index (κ2) is 7.84. The van der Waals surface area contributed by atoms with Crippen LogP contribution in [0.5, 0.6) is 0 Å². The second-order valence-electron chi connectivity index (χ2n) is 5.39. The van der Waals surface area contributed by atoms with Crippen molar-refractivity contribution in [3.63, 3.8) is 0 Å². The van der Waals surface area contributed by atoms with Gasteiger partial charge in [0, 0.05) is 16.3 Å². The predicted octanol–water partition coefficient (Wildman–Crippen LogP) is 3.95. The molecule has 0 aliphatic carbocycles. The summed E-state index contributed by atoms with van der Waals surface area (Å²) in [5.41, 5.74) is 8.85. The van der Waals surface area contributed by atoms with Gasteiger partial charge >= 0.3 is 0 Å². The van der Waals surface area contributed by atoms with Gasteiger partial charge in [0.15, 0.2) is 0 Å². The summed E-state index contributed by atoms with van der Waals surface area (Å²) >= 11 is 1.79. The fraction of sp³-hybridized carbons (Fsp3) is 0.333. The van der Waals surface area contributed by atoms with E-state index in [1.165, 1.54) is 9.79 Å². The molecule has 3 N–H and O–H groups in total. The Labute approximate surface area is 141 Å². The third-order valence-corrected chi connectivity index (χ3v) is 4.86. The molecule has 23 heavy (non-hydrogen) atoms. The van der Waals surface area contributed by atoms with E-state index in [9.17, 15) is 0 Å². The van der Waals surface area contributed by atoms with Crippen LogP contribution >= 0.6 is 11.8 Å². The first-order valence-electron chi connectivity index (χ1n) is 7.85. The largest absolute Gasteiger partial charge is 0.378 e. The van der Waals surface area contributed by atoms with E-state index < -0.39 is 0 Å². The van der Waals surface area contributed by atoms with Crippen molar-refractivity contribution in [1.29, 1.82) is 0 Å². The molecule has 0 aromatic heterocycles. The monoisotopic (exact) mass is 330 g/mol. The van der Waals surface area contributed by atoms with Gasteiger partial charge in [-0.3, -0.25) is 0 Å². The Bertz CT molecular complexity index is 663. The smallest absolute Gasteiger partial charge is 0.0798 e. The molecule has 0 saturated carbocycles. The van der Waals surface area contributed by atoms with Gasteiger partial charge in [-0.25, -0.2) is 0 Å². The summed E-state index contributed by atoms with van der Waals surface area (Å²) in [6, 6.07) is 14.8. The Balaban J connectivity index is 1.63. The quantitative estimate of drug-likeness (QED) is 0.643. The second-order valence-corrected chi connectivity index (χ2v) is 6.48. The third-order valence-electron chi connectivity index (χ3n) is 3.71. The zero-order chi connectivity index (χ0) is 16.1. The molecule has 1 heterocycles. The van der Waals surface area contributed by atoms with Gasteiger partial charge in [0.05, 0.1) is 37.3 Å². The summed E-state index contributed by atoms with van der Waals surface area (Å²) in [5, 5.41) is 3.50. The molecule has 1 unspecified atom stereocenters. The number of para-hydroxylation sites is 1. The SMILES string of the molecule is CC(OCCOCCN)c1ccc2c(c1)Nc1ccccc1S2. The molecule has 1 aliphatic heterocycles. The highest BCUT2D eigenvalue weighted by atomic mass is 32.2. The molecule has 2 aromatic carbocycles. The maximum atomic E-state index is 5.83. The van der Waals surface area contributed by atoms with Crippen LogP contribution in [-0.2, 0) is 9.47 Å². The van der Waals surface area contributed by atoms with E-state index in [0.29, 0.717) is 26.4 Å². The molecule has 0 spiro atoms. The molecular weight excluding hydrogens is 308 g/mol. The van der Waals surface area contributed by atoms with Crippen LogP contribution in [0.15, 0.2) is 52.3 Å². The van der Waals surface area contributed by atoms with Crippen molar-refractivity contribution < 1.29 is 9.47 Å². The lowest BCUT2D eigenvalue weighted by atomic mass is 10.1. The minimum absolute atomic E-state index is 0.0331. The maximum Gasteiger partial charge on any atom is 0.0798 e. The van der Waals surface area contributed by atoms with Crippen LogP contribution in [0.25, 0.3) is 0 Å². The van der Waals surface area contributed by atoms with E-state index >= 15 is 0 Å². The Morgan fingerprint density at radius 2 is 1.87 bits per heavy atom. The van der Waals surface area contributed by atoms with Crippen LogP contribution in [0.1, 0.15) is 18.6 Å². The molecule has 3 rings (SSSR count). The van der Waals surface area contributed by atoms with Gasteiger partial charge in [0.1, 0.15) is 0 Å². The molecule has 2 aromatic rings. The zero-order valence-corrected chi connectivity index (χ0v) is 14.1. The summed E-state index contributed by atoms with van der Waals surface area (Å²) in [5.74, 6) is 0. The summed E-state index contributed by atoms with van der Waals surface area (Å²) in [6.45, 7) is 4.34. The highest BCUT2D eigenvalue weighted by Gasteiger charge is 2.16. The average molecular weight is 330 g/mol. The molecule has 0 saturated heterocycles. The number of nitrogens with one attached hydrogen (secondary N) is 1. The van der Waals surface area contributed by atoms with E-state index in [-0.39, 0.29) is 6.10 Å². The van der Waals surface area contributed by atoms with Crippen LogP contribution in [0.3, 0.4) is 0 Å². The highest BCUT2D eigenvalue weighted by Crippen LogP contribution is 2.44. The molecule has 0 radical (unpaired) electrons. The fourth-order valence-electron chi connectivity index (χ4n) is 2.48. The van der Waals surface area contributed by atoms with Crippen molar-refractivity contribution >= 4 is 23.1 Å². The standard InChI is InChI=1S/C18H22N2O2S/c1-13(22-11-10-21-9-8-19)14-6-7-18-16(12-14)20-15-4-2-3-5-17(15)23-18/h2-7,12-13,20H,8-11,19H2,1H3. The van der Waals surface area contributed by atoms with Gasteiger partial charge in [-0.2, -0.15) is 0 Å². The number of rotatable bonds is 7. The fourth-order valence-corrected chi connectivity index (χ4v) is 3.44. The Morgan fingerprint density at radius 1 is 1.04 bits per heavy atom. The first kappa shape index (κ1) is 16.3. The molecule has 0 fully saturated rings. The zero-order valence-electron chi connectivity index (χ0n) is 13.2. The number of hydrogen-bond donors (Lipinski definition) is 2. The number of hydrogen-bond acceptors (Lipinski definition) is 5. The molecule has 0 amide bonds. The van der Waals surface area contributed by atoms with Crippen LogP contribution in [0.4, 0.5) is 11.4 Å². The summed E-state index contributed by atoms with van der Waals surface area (Å²) in [7, 11) is 0. The van der Waals surface area contributed by atoms with E-state index in [1.807, 2.05) is 6.07 Å². The van der Waals surface area contributed by atoms with Crippen molar-refractivity contribution in [2.75, 3.05) is 31.7 Å². The van der Waals surface area contributed by atoms with Crippen molar-refractivity contribution in [1.82, 2.24) is 0 Å². The van der Waals surface area contributed by atoms with Gasteiger partial charge in [-0.05, 0) is 36.8 Å². The summed E-state index contributed by atoms with van der Waals surface area (Å²) in [4.78, 5) is 2.50. The number of ether oxygens (including phenoxy) is 2. The van der Waals surface area contributed by atoms with Crippen LogP contribution in [0, 0.1) is 0 Å². The molecule has 1 aliphatic rings. The molecular formula is C18H22N2O2S. The third kappa shape index (κ3) is 4.06. The first-order valence-corrected chi connectivity index (χ1v) is 8.67. The normalized spacial score (nSPS) is 13.8. The van der Waals surface area contributed by atoms with Crippen molar-refractivity contribution in [3.8, 4) is 0 Å². The molecule has 1 atom stereocenters. The minimum Gasteiger partial charge on any atom is -0.378 e. The van der Waals surface area contributed by atoms with Crippen molar-refractivity contribution in [2.24, 2.45) is 5.73 Å². The van der Waals surface area contributed by atoms with Crippen LogP contribution < -0.4 is 11.1 Å². The first-order chi connectivity index (χ1) is 11.3. The average Bonchev–Trinajstić information content (AvgIpc) is 2.59. The lowest BCUT2D eigenvalue weighted by Gasteiger charge is -2.22. The molecule has 0 bridgehead atoms. The lowest BCUT2D eigenvalue weighted by Crippen LogP contribution is -2.13. The Hall–Kier alpha value is -1.53. The number of benzene rings is 2. The number of fused-ring (bicyclic) bond motifs is 2. The molecule has 122 valence electrons. The van der Waals surface area contributed by atoms with Gasteiger partial charge in [-0.1, -0.05) is 30.0 Å². The Morgan fingerprint density at radius 3 is 2.74 bits per heavy atom.